The molecule has 8 heteroatoms. The maximum Gasteiger partial charge on any atom is 0.264 e. The SMILES string of the molecule is CN(C(=O)CN(c1ccc(Cl)cc1Cl)S(=O)(=O)c1ccccc1)C1CCCCC1. The molecule has 5 nitrogen and oxygen atoms in total. The molecule has 0 bridgehead atoms. The van der Waals surface area contributed by atoms with Gasteiger partial charge < -0.3 is 4.90 Å². The van der Waals surface area contributed by atoms with Crippen molar-refractivity contribution >= 4 is 44.8 Å². The second-order valence-corrected chi connectivity index (χ2v) is 9.92. The van der Waals surface area contributed by atoms with Gasteiger partial charge in [0.25, 0.3) is 10.0 Å². The van der Waals surface area contributed by atoms with Gasteiger partial charge in [-0.1, -0.05) is 60.7 Å². The standard InChI is InChI=1S/C21H24Cl2N2O3S/c1-24(17-8-4-2-5-9-17)21(26)15-25(20-13-12-16(22)14-19(20)23)29(27,28)18-10-6-3-7-11-18/h3,6-7,10-14,17H,2,4-5,8-9,15H2,1H3. The molecule has 0 N–H and O–H groups in total. The van der Waals surface area contributed by atoms with Crippen molar-refractivity contribution in [2.24, 2.45) is 0 Å². The highest BCUT2D eigenvalue weighted by Gasteiger charge is 2.31. The molecule has 0 aliphatic heterocycles. The fraction of sp³-hybridized carbons (Fsp3) is 0.381. The number of carbonyl (C=O) groups excluding carboxylic acids is 1. The molecule has 2 aromatic rings. The molecule has 0 aromatic heterocycles. The Kier molecular flexibility index (Phi) is 7.09. The van der Waals surface area contributed by atoms with Gasteiger partial charge in [-0.25, -0.2) is 8.42 Å². The van der Waals surface area contributed by atoms with Gasteiger partial charge in [0.15, 0.2) is 0 Å². The fourth-order valence-electron chi connectivity index (χ4n) is 3.61. The molecule has 1 saturated carbocycles. The molecule has 1 fully saturated rings. The molecular weight excluding hydrogens is 431 g/mol. The Hall–Kier alpha value is -1.76. The van der Waals surface area contributed by atoms with Crippen LogP contribution >= 0.6 is 23.2 Å². The van der Waals surface area contributed by atoms with Crippen molar-refractivity contribution in [1.29, 1.82) is 0 Å². The number of anilines is 1. The second-order valence-electron chi connectivity index (χ2n) is 7.22. The van der Waals surface area contributed by atoms with Gasteiger partial charge in [-0.15, -0.1) is 0 Å². The molecule has 1 amide bonds. The van der Waals surface area contributed by atoms with Crippen molar-refractivity contribution < 1.29 is 13.2 Å². The molecule has 156 valence electrons. The van der Waals surface area contributed by atoms with Gasteiger partial charge in [0, 0.05) is 18.1 Å². The van der Waals surface area contributed by atoms with Crippen LogP contribution in [-0.2, 0) is 14.8 Å². The molecule has 0 atom stereocenters. The molecule has 0 heterocycles. The number of likely N-dealkylation sites (N-methyl/N-ethyl adjacent to an activating group) is 1. The third kappa shape index (κ3) is 5.05. The van der Waals surface area contributed by atoms with Crippen LogP contribution in [0, 0.1) is 0 Å². The molecule has 0 spiro atoms. The Morgan fingerprint density at radius 3 is 2.31 bits per heavy atom. The summed E-state index contributed by atoms with van der Waals surface area (Å²) in [5.41, 5.74) is 0.227. The van der Waals surface area contributed by atoms with Crippen LogP contribution in [0.15, 0.2) is 53.4 Å². The summed E-state index contributed by atoms with van der Waals surface area (Å²) < 4.78 is 27.8. The van der Waals surface area contributed by atoms with E-state index in [0.717, 1.165) is 30.0 Å². The zero-order valence-electron chi connectivity index (χ0n) is 16.2. The van der Waals surface area contributed by atoms with Crippen LogP contribution in [0.1, 0.15) is 32.1 Å². The summed E-state index contributed by atoms with van der Waals surface area (Å²) in [5, 5.41) is 0.562. The third-order valence-corrected chi connectivity index (χ3v) is 7.62. The highest BCUT2D eigenvalue weighted by molar-refractivity contribution is 7.92. The van der Waals surface area contributed by atoms with Crippen LogP contribution in [-0.4, -0.2) is 38.9 Å². The summed E-state index contributed by atoms with van der Waals surface area (Å²) >= 11 is 12.3. The topological polar surface area (TPSA) is 57.7 Å². The molecule has 3 rings (SSSR count). The van der Waals surface area contributed by atoms with Crippen molar-refractivity contribution in [3.63, 3.8) is 0 Å². The van der Waals surface area contributed by atoms with E-state index in [1.54, 1.807) is 36.2 Å². The predicted molar refractivity (Wildman–Crippen MR) is 117 cm³/mol. The van der Waals surface area contributed by atoms with Gasteiger partial charge >= 0.3 is 0 Å². The predicted octanol–water partition coefficient (Wildman–Crippen LogP) is 4.98. The molecule has 0 radical (unpaired) electrons. The van der Waals surface area contributed by atoms with E-state index in [1.165, 1.54) is 30.7 Å². The molecule has 2 aromatic carbocycles. The van der Waals surface area contributed by atoms with Crippen molar-refractivity contribution in [3.05, 3.63) is 58.6 Å². The van der Waals surface area contributed by atoms with Crippen LogP contribution in [0.5, 0.6) is 0 Å². The summed E-state index contributed by atoms with van der Waals surface area (Å²) in [4.78, 5) is 14.8. The second kappa shape index (κ2) is 9.37. The van der Waals surface area contributed by atoms with E-state index >= 15 is 0 Å². The Morgan fingerprint density at radius 1 is 1.03 bits per heavy atom. The number of amides is 1. The Labute approximate surface area is 182 Å². The van der Waals surface area contributed by atoms with Crippen molar-refractivity contribution in [1.82, 2.24) is 4.90 Å². The van der Waals surface area contributed by atoms with Crippen molar-refractivity contribution in [2.45, 2.75) is 43.0 Å². The quantitative estimate of drug-likeness (QED) is 0.618. The maximum absolute atomic E-state index is 13.4. The van der Waals surface area contributed by atoms with E-state index in [4.69, 9.17) is 23.2 Å². The number of sulfonamides is 1. The van der Waals surface area contributed by atoms with E-state index < -0.39 is 10.0 Å². The first-order valence-corrected chi connectivity index (χ1v) is 11.8. The Morgan fingerprint density at radius 2 is 1.69 bits per heavy atom. The van der Waals surface area contributed by atoms with Gasteiger partial charge in [-0.3, -0.25) is 9.10 Å². The Bertz CT molecular complexity index is 961. The molecular formula is C21H24Cl2N2O3S. The lowest BCUT2D eigenvalue weighted by molar-refractivity contribution is -0.130. The average Bonchev–Trinajstić information content (AvgIpc) is 2.73. The number of rotatable bonds is 6. The van der Waals surface area contributed by atoms with Crippen LogP contribution in [0.25, 0.3) is 0 Å². The zero-order chi connectivity index (χ0) is 21.0. The summed E-state index contributed by atoms with van der Waals surface area (Å²) in [6.07, 6.45) is 5.22. The smallest absolute Gasteiger partial charge is 0.264 e. The Balaban J connectivity index is 1.96. The van der Waals surface area contributed by atoms with Gasteiger partial charge in [0.2, 0.25) is 5.91 Å². The molecule has 1 aliphatic carbocycles. The van der Waals surface area contributed by atoms with E-state index in [9.17, 15) is 13.2 Å². The van der Waals surface area contributed by atoms with Crippen molar-refractivity contribution in [3.8, 4) is 0 Å². The zero-order valence-corrected chi connectivity index (χ0v) is 18.6. The summed E-state index contributed by atoms with van der Waals surface area (Å²) in [6.45, 7) is -0.328. The normalized spacial score (nSPS) is 15.1. The lowest BCUT2D eigenvalue weighted by Crippen LogP contribution is -2.46. The molecule has 29 heavy (non-hydrogen) atoms. The van der Waals surface area contributed by atoms with E-state index in [1.807, 2.05) is 0 Å². The van der Waals surface area contributed by atoms with Crippen LogP contribution in [0.3, 0.4) is 0 Å². The lowest BCUT2D eigenvalue weighted by Gasteiger charge is -2.33. The van der Waals surface area contributed by atoms with Crippen LogP contribution in [0.2, 0.25) is 10.0 Å². The number of halogens is 2. The number of carbonyl (C=O) groups is 1. The van der Waals surface area contributed by atoms with Crippen LogP contribution in [0.4, 0.5) is 5.69 Å². The molecule has 1 aliphatic rings. The number of hydrogen-bond donors (Lipinski definition) is 0. The number of benzene rings is 2. The first kappa shape index (κ1) is 21.9. The van der Waals surface area contributed by atoms with Gasteiger partial charge in [0.1, 0.15) is 6.54 Å². The van der Waals surface area contributed by atoms with E-state index in [-0.39, 0.29) is 34.1 Å². The molecule has 0 unspecified atom stereocenters. The number of nitrogens with zero attached hydrogens (tertiary/aromatic N) is 2. The highest BCUT2D eigenvalue weighted by Crippen LogP contribution is 2.33. The third-order valence-electron chi connectivity index (χ3n) is 5.30. The average molecular weight is 455 g/mol. The number of hydrogen-bond acceptors (Lipinski definition) is 3. The summed E-state index contributed by atoms with van der Waals surface area (Å²) in [7, 11) is -2.25. The summed E-state index contributed by atoms with van der Waals surface area (Å²) in [6, 6.07) is 12.7. The van der Waals surface area contributed by atoms with E-state index in [2.05, 4.69) is 0 Å². The van der Waals surface area contributed by atoms with Crippen molar-refractivity contribution in [2.75, 3.05) is 17.9 Å². The minimum absolute atomic E-state index is 0.0964. The largest absolute Gasteiger partial charge is 0.341 e. The lowest BCUT2D eigenvalue weighted by atomic mass is 9.94. The van der Waals surface area contributed by atoms with Crippen LogP contribution < -0.4 is 4.31 Å². The highest BCUT2D eigenvalue weighted by atomic mass is 35.5. The van der Waals surface area contributed by atoms with E-state index in [0.29, 0.717) is 5.02 Å². The van der Waals surface area contributed by atoms with Gasteiger partial charge in [0.05, 0.1) is 15.6 Å². The van der Waals surface area contributed by atoms with Gasteiger partial charge in [-0.05, 0) is 43.2 Å². The maximum atomic E-state index is 13.4. The molecule has 0 saturated heterocycles. The fourth-order valence-corrected chi connectivity index (χ4v) is 5.62. The monoisotopic (exact) mass is 454 g/mol. The summed E-state index contributed by atoms with van der Waals surface area (Å²) in [5.74, 6) is -0.262. The van der Waals surface area contributed by atoms with Gasteiger partial charge in [-0.2, -0.15) is 0 Å². The first-order chi connectivity index (χ1) is 13.8. The minimum Gasteiger partial charge on any atom is -0.341 e. The first-order valence-electron chi connectivity index (χ1n) is 9.59. The minimum atomic E-state index is -3.99.